The van der Waals surface area contributed by atoms with Crippen molar-refractivity contribution in [3.8, 4) is 0 Å². The van der Waals surface area contributed by atoms with Gasteiger partial charge < -0.3 is 10.5 Å². The monoisotopic (exact) mass is 280 g/mol. The number of nitrogen functional groups attached to an aromatic ring is 1. The molecular weight excluding hydrogens is 268 g/mol. The predicted molar refractivity (Wildman–Crippen MR) is 65.3 cm³/mol. The van der Waals surface area contributed by atoms with Crippen LogP contribution in [-0.4, -0.2) is 28.0 Å². The number of hydrogen-bond acceptors (Lipinski definition) is 5. The molecule has 0 aliphatic heterocycles. The molecule has 1 aromatic rings. The van der Waals surface area contributed by atoms with Crippen molar-refractivity contribution in [2.45, 2.75) is 4.90 Å². The molecule has 3 N–H and O–H groups in total. The Balaban J connectivity index is 0.00000256. The number of nitrogens with one attached hydrogen (secondary N) is 1. The number of esters is 1. The number of methoxy groups -OCH3 is 1. The number of benzene rings is 1. The molecule has 1 aromatic carbocycles. The summed E-state index contributed by atoms with van der Waals surface area (Å²) in [4.78, 5) is 10.8. The summed E-state index contributed by atoms with van der Waals surface area (Å²) in [5.74, 6) is -0.660. The van der Waals surface area contributed by atoms with Crippen LogP contribution in [0.4, 0.5) is 5.69 Å². The summed E-state index contributed by atoms with van der Waals surface area (Å²) in [5.41, 5.74) is 5.79. The Morgan fingerprint density at radius 2 is 2.12 bits per heavy atom. The van der Waals surface area contributed by atoms with Crippen molar-refractivity contribution in [1.29, 1.82) is 0 Å². The second-order valence-corrected chi connectivity index (χ2v) is 4.74. The van der Waals surface area contributed by atoms with Gasteiger partial charge in [-0.25, -0.2) is 8.42 Å². The molecule has 0 saturated carbocycles. The first-order valence-corrected chi connectivity index (χ1v) is 5.86. The molecule has 0 amide bonds. The van der Waals surface area contributed by atoms with Crippen molar-refractivity contribution in [1.82, 2.24) is 4.72 Å². The maximum Gasteiger partial charge on any atom is 0.320 e. The summed E-state index contributed by atoms with van der Waals surface area (Å²) in [6.45, 7) is -0.409. The van der Waals surface area contributed by atoms with E-state index in [1.54, 1.807) is 6.07 Å². The first-order valence-electron chi connectivity index (χ1n) is 4.38. The average Bonchev–Trinajstić information content (AvgIpc) is 2.26. The van der Waals surface area contributed by atoms with E-state index in [9.17, 15) is 13.2 Å². The molecule has 0 atom stereocenters. The van der Waals surface area contributed by atoms with Gasteiger partial charge in [0, 0.05) is 5.69 Å². The normalized spacial score (nSPS) is 10.4. The third kappa shape index (κ3) is 4.59. The fourth-order valence-corrected chi connectivity index (χ4v) is 2.01. The Labute approximate surface area is 106 Å². The van der Waals surface area contributed by atoms with Crippen LogP contribution in [0.15, 0.2) is 29.2 Å². The van der Waals surface area contributed by atoms with Crippen LogP contribution < -0.4 is 10.5 Å². The van der Waals surface area contributed by atoms with Gasteiger partial charge in [-0.2, -0.15) is 4.72 Å². The van der Waals surface area contributed by atoms with Gasteiger partial charge in [0.2, 0.25) is 10.0 Å². The van der Waals surface area contributed by atoms with Crippen LogP contribution in [0, 0.1) is 0 Å². The van der Waals surface area contributed by atoms with Crippen LogP contribution in [0.25, 0.3) is 0 Å². The van der Waals surface area contributed by atoms with Crippen molar-refractivity contribution < 1.29 is 17.9 Å². The molecule has 0 aliphatic rings. The second kappa shape index (κ2) is 6.43. The number of halogens is 1. The number of anilines is 1. The van der Waals surface area contributed by atoms with E-state index in [2.05, 4.69) is 9.46 Å². The van der Waals surface area contributed by atoms with Crippen LogP contribution in [-0.2, 0) is 19.6 Å². The van der Waals surface area contributed by atoms with E-state index in [0.717, 1.165) is 0 Å². The van der Waals surface area contributed by atoms with E-state index in [1.807, 2.05) is 0 Å². The minimum Gasteiger partial charge on any atom is -0.468 e. The van der Waals surface area contributed by atoms with E-state index in [1.165, 1.54) is 25.3 Å². The molecule has 0 aromatic heterocycles. The maximum atomic E-state index is 11.6. The summed E-state index contributed by atoms with van der Waals surface area (Å²) in [7, 11) is -2.54. The van der Waals surface area contributed by atoms with Gasteiger partial charge >= 0.3 is 5.97 Å². The van der Waals surface area contributed by atoms with E-state index in [-0.39, 0.29) is 17.3 Å². The highest BCUT2D eigenvalue weighted by Crippen LogP contribution is 2.11. The van der Waals surface area contributed by atoms with Crippen molar-refractivity contribution in [3.05, 3.63) is 24.3 Å². The Hall–Kier alpha value is -1.31. The minimum absolute atomic E-state index is 0. The molecular formula is C9H13ClN2O4S. The average molecular weight is 281 g/mol. The molecule has 8 heteroatoms. The SMILES string of the molecule is COC(=O)CNS(=O)(=O)c1cccc(N)c1.Cl. The molecule has 96 valence electrons. The first-order chi connectivity index (χ1) is 7.45. The van der Waals surface area contributed by atoms with Gasteiger partial charge in [0.15, 0.2) is 0 Å². The Kier molecular flexibility index (Phi) is 5.94. The molecule has 0 heterocycles. The highest BCUT2D eigenvalue weighted by atomic mass is 35.5. The summed E-state index contributed by atoms with van der Waals surface area (Å²) >= 11 is 0. The van der Waals surface area contributed by atoms with Crippen LogP contribution in [0.2, 0.25) is 0 Å². The van der Waals surface area contributed by atoms with Gasteiger partial charge in [-0.05, 0) is 18.2 Å². The lowest BCUT2D eigenvalue weighted by molar-refractivity contribution is -0.139. The van der Waals surface area contributed by atoms with Gasteiger partial charge in [0.05, 0.1) is 12.0 Å². The number of ether oxygens (including phenoxy) is 1. The molecule has 17 heavy (non-hydrogen) atoms. The lowest BCUT2D eigenvalue weighted by atomic mass is 10.3. The van der Waals surface area contributed by atoms with E-state index in [4.69, 9.17) is 5.73 Å². The molecule has 0 fully saturated rings. The van der Waals surface area contributed by atoms with Crippen LogP contribution in [0.3, 0.4) is 0 Å². The fourth-order valence-electron chi connectivity index (χ4n) is 0.991. The third-order valence-corrected chi connectivity index (χ3v) is 3.20. The number of hydrogen-bond donors (Lipinski definition) is 2. The summed E-state index contributed by atoms with van der Waals surface area (Å²) in [6.07, 6.45) is 0. The highest BCUT2D eigenvalue weighted by molar-refractivity contribution is 7.89. The first kappa shape index (κ1) is 15.7. The number of carbonyl (C=O) groups is 1. The quantitative estimate of drug-likeness (QED) is 0.604. The standard InChI is InChI=1S/C9H12N2O4S.ClH/c1-15-9(12)6-11-16(13,14)8-4-2-3-7(10)5-8;/h2-5,11H,6,10H2,1H3;1H. The number of sulfonamides is 1. The lowest BCUT2D eigenvalue weighted by Crippen LogP contribution is -2.30. The Morgan fingerprint density at radius 3 is 2.65 bits per heavy atom. The van der Waals surface area contributed by atoms with E-state index < -0.39 is 22.5 Å². The maximum absolute atomic E-state index is 11.6. The second-order valence-electron chi connectivity index (χ2n) is 2.97. The minimum atomic E-state index is -3.72. The molecule has 0 saturated heterocycles. The zero-order chi connectivity index (χ0) is 12.2. The molecule has 0 radical (unpaired) electrons. The number of nitrogens with two attached hydrogens (primary N) is 1. The number of rotatable bonds is 4. The van der Waals surface area contributed by atoms with E-state index >= 15 is 0 Å². The molecule has 0 bridgehead atoms. The lowest BCUT2D eigenvalue weighted by Gasteiger charge is -2.05. The smallest absolute Gasteiger partial charge is 0.320 e. The molecule has 6 nitrogen and oxygen atoms in total. The van der Waals surface area contributed by atoms with Gasteiger partial charge in [0.1, 0.15) is 6.54 Å². The van der Waals surface area contributed by atoms with Crippen LogP contribution >= 0.6 is 12.4 Å². The number of carbonyl (C=O) groups excluding carboxylic acids is 1. The van der Waals surface area contributed by atoms with Gasteiger partial charge in [-0.1, -0.05) is 6.07 Å². The van der Waals surface area contributed by atoms with Crippen molar-refractivity contribution in [2.24, 2.45) is 0 Å². The Morgan fingerprint density at radius 1 is 1.47 bits per heavy atom. The fraction of sp³-hybridized carbons (Fsp3) is 0.222. The van der Waals surface area contributed by atoms with Crippen molar-refractivity contribution >= 4 is 34.1 Å². The van der Waals surface area contributed by atoms with E-state index in [0.29, 0.717) is 5.69 Å². The molecule has 0 unspecified atom stereocenters. The largest absolute Gasteiger partial charge is 0.468 e. The molecule has 0 aliphatic carbocycles. The van der Waals surface area contributed by atoms with Crippen molar-refractivity contribution in [2.75, 3.05) is 19.4 Å². The van der Waals surface area contributed by atoms with Gasteiger partial charge in [0.25, 0.3) is 0 Å². The molecule has 1 rings (SSSR count). The van der Waals surface area contributed by atoms with Gasteiger partial charge in [-0.15, -0.1) is 12.4 Å². The Bertz CT molecular complexity index is 490. The summed E-state index contributed by atoms with van der Waals surface area (Å²) < 4.78 is 29.7. The van der Waals surface area contributed by atoms with Crippen LogP contribution in [0.5, 0.6) is 0 Å². The summed E-state index contributed by atoms with van der Waals surface area (Å²) in [5, 5.41) is 0. The van der Waals surface area contributed by atoms with Crippen molar-refractivity contribution in [3.63, 3.8) is 0 Å². The zero-order valence-electron chi connectivity index (χ0n) is 9.04. The third-order valence-electron chi connectivity index (χ3n) is 1.80. The zero-order valence-corrected chi connectivity index (χ0v) is 10.7. The predicted octanol–water partition coefficient (Wildman–Crippen LogP) is 0.142. The molecule has 0 spiro atoms. The van der Waals surface area contributed by atoms with Gasteiger partial charge in [-0.3, -0.25) is 4.79 Å². The topological polar surface area (TPSA) is 98.5 Å². The summed E-state index contributed by atoms with van der Waals surface area (Å²) in [6, 6.07) is 5.77. The van der Waals surface area contributed by atoms with Crippen LogP contribution in [0.1, 0.15) is 0 Å². The highest BCUT2D eigenvalue weighted by Gasteiger charge is 2.15.